The van der Waals surface area contributed by atoms with Crippen molar-refractivity contribution in [3.8, 4) is 5.75 Å². The average Bonchev–Trinajstić information content (AvgIpc) is 3.29. The minimum atomic E-state index is -3.51. The maximum absolute atomic E-state index is 14.7. The Balaban J connectivity index is 1.21. The number of urea groups is 1. The van der Waals surface area contributed by atoms with Gasteiger partial charge in [0.05, 0.1) is 43.5 Å². The molecule has 0 unspecified atom stereocenters. The summed E-state index contributed by atoms with van der Waals surface area (Å²) in [6.07, 6.45) is 11.3. The van der Waals surface area contributed by atoms with E-state index in [1.165, 1.54) is 11.1 Å². The normalized spacial score (nSPS) is 30.9. The van der Waals surface area contributed by atoms with Crippen LogP contribution in [0.5, 0.6) is 5.75 Å². The molecule has 294 valence electrons. The maximum atomic E-state index is 14.7. The van der Waals surface area contributed by atoms with Crippen LogP contribution in [0.2, 0.25) is 5.02 Å². The molecule has 1 saturated carbocycles. The second-order valence-corrected chi connectivity index (χ2v) is 18.4. The number of fused-ring (bicyclic) bond motifs is 4. The fourth-order valence-corrected chi connectivity index (χ4v) is 11.2. The molecular weight excluding hydrogens is 728 g/mol. The predicted octanol–water partition coefficient (Wildman–Crippen LogP) is 6.81. The van der Waals surface area contributed by atoms with Crippen LogP contribution in [0.1, 0.15) is 73.4 Å². The number of carbonyl (C=O) groups is 2. The molecule has 2 fully saturated rings. The Labute approximate surface area is 325 Å². The number of rotatable bonds is 6. The van der Waals surface area contributed by atoms with Crippen molar-refractivity contribution in [2.45, 2.75) is 75.9 Å². The molecule has 5 aliphatic rings. The van der Waals surface area contributed by atoms with Gasteiger partial charge in [0, 0.05) is 56.4 Å². The number of aryl methyl sites for hydroxylation is 1. The Morgan fingerprint density at radius 2 is 1.94 bits per heavy atom. The Morgan fingerprint density at radius 1 is 1.11 bits per heavy atom. The number of carbonyl (C=O) groups excluding carboxylic acids is 2. The molecule has 2 bridgehead atoms. The highest BCUT2D eigenvalue weighted by Gasteiger charge is 2.44. The topological polar surface area (TPSA) is 119 Å². The van der Waals surface area contributed by atoms with Gasteiger partial charge in [0.1, 0.15) is 15.7 Å². The maximum Gasteiger partial charge on any atom is 0.329 e. The van der Waals surface area contributed by atoms with E-state index in [4.69, 9.17) is 30.5 Å². The lowest BCUT2D eigenvalue weighted by Crippen LogP contribution is -2.49. The highest BCUT2D eigenvalue weighted by Crippen LogP contribution is 2.47. The largest absolute Gasteiger partial charge is 0.490 e. The van der Waals surface area contributed by atoms with Crippen molar-refractivity contribution in [2.24, 2.45) is 22.1 Å². The standard InChI is InChI=1S/C41H55ClN4O7S/c1-28-6-4-8-37(51-3)34-12-9-31(34)24-46-26-41(17-5-7-29-22-32(42)11-13-35(29)41)27-53-38-14-10-30(23-36(38)46)39(47)43-54(49,25-28)44-40(48)45-18-15-33(16-19-45)52-21-20-50-2/h4,8,10-11,13-14,22-23,28,31,33-34,37H,5-7,9,12,15-21,24-27H2,1-3H3,(H,43,44,47,48,49)/b8-4+/t28-,31-,34+,37-,41-,54-/m0/s1. The second-order valence-electron chi connectivity index (χ2n) is 15.9. The highest BCUT2D eigenvalue weighted by atomic mass is 35.5. The van der Waals surface area contributed by atoms with Gasteiger partial charge in [-0.25, -0.2) is 9.00 Å². The first kappa shape index (κ1) is 39.1. The van der Waals surface area contributed by atoms with Crippen LogP contribution in [-0.2, 0) is 36.0 Å². The van der Waals surface area contributed by atoms with Crippen LogP contribution in [0.3, 0.4) is 0 Å². The Morgan fingerprint density at radius 3 is 2.70 bits per heavy atom. The molecule has 7 rings (SSSR count). The van der Waals surface area contributed by atoms with Crippen molar-refractivity contribution in [1.29, 1.82) is 0 Å². The van der Waals surface area contributed by atoms with Gasteiger partial charge in [0.2, 0.25) is 0 Å². The van der Waals surface area contributed by atoms with Crippen LogP contribution in [0.25, 0.3) is 0 Å². The van der Waals surface area contributed by atoms with Crippen molar-refractivity contribution in [2.75, 3.05) is 70.9 Å². The van der Waals surface area contributed by atoms with E-state index in [1.807, 2.05) is 25.1 Å². The van der Waals surface area contributed by atoms with Crippen LogP contribution in [-0.4, -0.2) is 99.2 Å². The molecule has 1 spiro atoms. The van der Waals surface area contributed by atoms with Gasteiger partial charge in [0.25, 0.3) is 5.91 Å². The van der Waals surface area contributed by atoms with Gasteiger partial charge in [0.15, 0.2) is 0 Å². The van der Waals surface area contributed by atoms with E-state index in [9.17, 15) is 13.8 Å². The van der Waals surface area contributed by atoms with E-state index in [1.54, 1.807) is 25.2 Å². The van der Waals surface area contributed by atoms with Crippen molar-refractivity contribution >= 4 is 39.1 Å². The number of nitrogens with zero attached hydrogens (tertiary/aromatic N) is 3. The van der Waals surface area contributed by atoms with Crippen LogP contribution >= 0.6 is 11.6 Å². The lowest BCUT2D eigenvalue weighted by Gasteiger charge is -2.46. The number of ether oxygens (including phenoxy) is 4. The van der Waals surface area contributed by atoms with Crippen LogP contribution in [0, 0.1) is 17.8 Å². The smallest absolute Gasteiger partial charge is 0.329 e. The van der Waals surface area contributed by atoms with Gasteiger partial charge < -0.3 is 28.7 Å². The van der Waals surface area contributed by atoms with Crippen molar-refractivity contribution in [1.82, 2.24) is 9.62 Å². The molecule has 3 aliphatic heterocycles. The summed E-state index contributed by atoms with van der Waals surface area (Å²) in [5.74, 6) is 0.715. The molecule has 2 aromatic rings. The highest BCUT2D eigenvalue weighted by molar-refractivity contribution is 7.92. The average molecular weight is 783 g/mol. The summed E-state index contributed by atoms with van der Waals surface area (Å²) in [7, 11) is -0.1000. The summed E-state index contributed by atoms with van der Waals surface area (Å²) in [6, 6.07) is 11.2. The van der Waals surface area contributed by atoms with Crippen LogP contribution in [0.4, 0.5) is 10.5 Å². The number of hydrogen-bond acceptors (Lipinski definition) is 8. The molecule has 3 amide bonds. The van der Waals surface area contributed by atoms with E-state index < -0.39 is 21.9 Å². The third kappa shape index (κ3) is 8.63. The third-order valence-corrected chi connectivity index (χ3v) is 14.3. The molecule has 6 atom stereocenters. The number of anilines is 1. The molecule has 2 aromatic carbocycles. The number of amides is 3. The van der Waals surface area contributed by atoms with Crippen molar-refractivity contribution in [3.05, 3.63) is 70.3 Å². The number of allylic oxidation sites excluding steroid dienone is 1. The van der Waals surface area contributed by atoms with Gasteiger partial charge in [-0.15, -0.1) is 4.36 Å². The van der Waals surface area contributed by atoms with E-state index in [2.05, 4.69) is 38.3 Å². The number of benzene rings is 2. The second kappa shape index (κ2) is 16.9. The lowest BCUT2D eigenvalue weighted by atomic mass is 9.68. The minimum Gasteiger partial charge on any atom is -0.490 e. The number of piperidine rings is 1. The fourth-order valence-electron chi connectivity index (χ4n) is 9.09. The summed E-state index contributed by atoms with van der Waals surface area (Å²) in [6.45, 7) is 5.90. The number of nitrogens with one attached hydrogen (secondary N) is 1. The first-order valence-corrected chi connectivity index (χ1v) is 21.6. The van der Waals surface area contributed by atoms with E-state index in [-0.39, 0.29) is 29.3 Å². The monoisotopic (exact) mass is 782 g/mol. The van der Waals surface area contributed by atoms with Gasteiger partial charge in [-0.1, -0.05) is 36.7 Å². The molecule has 1 N–H and O–H groups in total. The van der Waals surface area contributed by atoms with E-state index in [0.29, 0.717) is 75.3 Å². The van der Waals surface area contributed by atoms with Gasteiger partial charge >= 0.3 is 6.03 Å². The summed E-state index contributed by atoms with van der Waals surface area (Å²) in [4.78, 5) is 31.7. The minimum absolute atomic E-state index is 0.0290. The molecule has 13 heteroatoms. The number of hydrogen-bond donors (Lipinski definition) is 1. The zero-order valence-corrected chi connectivity index (χ0v) is 33.4. The Kier molecular flexibility index (Phi) is 12.2. The predicted molar refractivity (Wildman–Crippen MR) is 211 cm³/mol. The van der Waals surface area contributed by atoms with Gasteiger partial charge in [-0.2, -0.15) is 0 Å². The summed E-state index contributed by atoms with van der Waals surface area (Å²) < 4.78 is 45.4. The van der Waals surface area contributed by atoms with Crippen molar-refractivity contribution < 1.29 is 32.7 Å². The summed E-state index contributed by atoms with van der Waals surface area (Å²) in [5, 5.41) is 0.742. The Hall–Kier alpha value is -3.16. The van der Waals surface area contributed by atoms with Crippen molar-refractivity contribution in [3.63, 3.8) is 0 Å². The van der Waals surface area contributed by atoms with E-state index in [0.717, 1.165) is 55.9 Å². The number of methoxy groups -OCH3 is 2. The first-order valence-electron chi connectivity index (χ1n) is 19.6. The van der Waals surface area contributed by atoms with E-state index >= 15 is 0 Å². The molecule has 0 aromatic heterocycles. The number of likely N-dealkylation sites (tertiary alicyclic amines) is 1. The molecular formula is C41H55ClN4O7S. The van der Waals surface area contributed by atoms with Crippen LogP contribution < -0.4 is 14.4 Å². The number of halogens is 1. The summed E-state index contributed by atoms with van der Waals surface area (Å²) >= 11 is 6.47. The SMILES string of the molecule is COCCOC1CCN(C(=O)N[S@@]2(=O)=NC(=O)c3ccc4c(c3)N(C[C@@H]3CC[C@H]3[C@@H](OC)/C=C/C[C@H](C)C2)C[C@@]2(CCCc3cc(Cl)ccc32)CO4)CC1. The molecule has 0 radical (unpaired) electrons. The zero-order valence-electron chi connectivity index (χ0n) is 31.8. The van der Waals surface area contributed by atoms with Gasteiger partial charge in [-0.05, 0) is 111 Å². The van der Waals surface area contributed by atoms with Gasteiger partial charge in [-0.3, -0.25) is 9.52 Å². The molecule has 11 nitrogen and oxygen atoms in total. The molecule has 2 aliphatic carbocycles. The lowest BCUT2D eigenvalue weighted by molar-refractivity contribution is -0.00891. The zero-order chi connectivity index (χ0) is 37.9. The summed E-state index contributed by atoms with van der Waals surface area (Å²) in [5.41, 5.74) is 3.43. The third-order valence-electron chi connectivity index (χ3n) is 12.1. The molecule has 1 saturated heterocycles. The van der Waals surface area contributed by atoms with Crippen LogP contribution in [0.15, 0.2) is 52.9 Å². The Bertz CT molecular complexity index is 1840. The quantitative estimate of drug-likeness (QED) is 0.251. The fraction of sp³-hybridized carbons (Fsp3) is 0.610. The molecule has 54 heavy (non-hydrogen) atoms. The molecule has 3 heterocycles. The first-order chi connectivity index (χ1) is 26.1.